The highest BCUT2D eigenvalue weighted by atomic mass is 79.9. The fourth-order valence-electron chi connectivity index (χ4n) is 2.12. The summed E-state index contributed by atoms with van der Waals surface area (Å²) >= 11 is 14.9. The zero-order valence-corrected chi connectivity index (χ0v) is 17.4. The standard InChI is InChI=1S/C16H14BrCl2FN2O3S/c1-2-22(26(24,25)15-8-11(18)4-5-12(15)19)9-16(23)21-14-6-3-10(17)7-13(14)20/h3-8H,2,9H2,1H3,(H,21,23). The molecule has 0 saturated carbocycles. The number of amides is 1. The van der Waals surface area contributed by atoms with Crippen molar-refractivity contribution < 1.29 is 17.6 Å². The molecule has 0 aliphatic heterocycles. The van der Waals surface area contributed by atoms with Gasteiger partial charge in [-0.15, -0.1) is 0 Å². The molecule has 0 atom stereocenters. The van der Waals surface area contributed by atoms with E-state index in [4.69, 9.17) is 23.2 Å². The second-order valence-corrected chi connectivity index (χ2v) is 8.84. The molecule has 1 N–H and O–H groups in total. The summed E-state index contributed by atoms with van der Waals surface area (Å²) in [5.41, 5.74) is -0.0487. The van der Waals surface area contributed by atoms with E-state index in [2.05, 4.69) is 21.2 Å². The SMILES string of the molecule is CCN(CC(=O)Nc1ccc(Br)cc1F)S(=O)(=O)c1cc(Cl)ccc1Cl. The van der Waals surface area contributed by atoms with Crippen molar-refractivity contribution in [2.24, 2.45) is 0 Å². The van der Waals surface area contributed by atoms with Gasteiger partial charge in [0.15, 0.2) is 0 Å². The van der Waals surface area contributed by atoms with Crippen LogP contribution in [0, 0.1) is 5.82 Å². The minimum Gasteiger partial charge on any atom is -0.322 e. The topological polar surface area (TPSA) is 66.5 Å². The summed E-state index contributed by atoms with van der Waals surface area (Å²) in [6, 6.07) is 8.16. The number of benzene rings is 2. The smallest absolute Gasteiger partial charge is 0.245 e. The third kappa shape index (κ3) is 4.95. The van der Waals surface area contributed by atoms with Crippen LogP contribution in [0.25, 0.3) is 0 Å². The normalized spacial score (nSPS) is 11.6. The fraction of sp³-hybridized carbons (Fsp3) is 0.188. The van der Waals surface area contributed by atoms with Crippen LogP contribution >= 0.6 is 39.1 Å². The molecule has 0 radical (unpaired) electrons. The van der Waals surface area contributed by atoms with Crippen LogP contribution in [0.5, 0.6) is 0 Å². The Labute approximate surface area is 169 Å². The Morgan fingerprint density at radius 3 is 2.54 bits per heavy atom. The number of hydrogen-bond acceptors (Lipinski definition) is 3. The second kappa shape index (κ2) is 8.67. The van der Waals surface area contributed by atoms with Crippen molar-refractivity contribution in [3.63, 3.8) is 0 Å². The Kier molecular flexibility index (Phi) is 7.04. The van der Waals surface area contributed by atoms with Gasteiger partial charge in [0, 0.05) is 16.0 Å². The van der Waals surface area contributed by atoms with Gasteiger partial charge in [-0.05, 0) is 36.4 Å². The molecule has 140 valence electrons. The number of nitrogens with one attached hydrogen (secondary N) is 1. The lowest BCUT2D eigenvalue weighted by Crippen LogP contribution is -2.38. The van der Waals surface area contributed by atoms with Gasteiger partial charge in [0.1, 0.15) is 10.7 Å². The highest BCUT2D eigenvalue weighted by Crippen LogP contribution is 2.27. The van der Waals surface area contributed by atoms with E-state index in [1.807, 2.05) is 0 Å². The molecule has 0 aliphatic rings. The average Bonchev–Trinajstić information content (AvgIpc) is 2.57. The summed E-state index contributed by atoms with van der Waals surface area (Å²) in [4.78, 5) is 12.0. The predicted octanol–water partition coefficient (Wildman–Crippen LogP) is 4.54. The molecular weight excluding hydrogens is 470 g/mol. The molecule has 0 saturated heterocycles. The third-order valence-electron chi connectivity index (χ3n) is 3.39. The summed E-state index contributed by atoms with van der Waals surface area (Å²) in [5, 5.41) is 2.54. The van der Waals surface area contributed by atoms with Crippen LogP contribution in [0.15, 0.2) is 45.8 Å². The molecule has 2 aromatic carbocycles. The van der Waals surface area contributed by atoms with E-state index in [1.165, 1.54) is 30.3 Å². The highest BCUT2D eigenvalue weighted by Gasteiger charge is 2.28. The molecule has 0 aromatic heterocycles. The number of sulfonamides is 1. The van der Waals surface area contributed by atoms with Gasteiger partial charge < -0.3 is 5.32 Å². The van der Waals surface area contributed by atoms with Crippen LogP contribution in [0.4, 0.5) is 10.1 Å². The lowest BCUT2D eigenvalue weighted by Gasteiger charge is -2.21. The van der Waals surface area contributed by atoms with Gasteiger partial charge in [0.2, 0.25) is 15.9 Å². The second-order valence-electron chi connectivity index (χ2n) is 5.18. The number of carbonyl (C=O) groups is 1. The summed E-state index contributed by atoms with van der Waals surface area (Å²) in [6.45, 7) is 1.09. The molecule has 2 rings (SSSR count). The molecular formula is C16H14BrCl2FN2O3S. The summed E-state index contributed by atoms with van der Waals surface area (Å²) < 4.78 is 40.8. The fourth-order valence-corrected chi connectivity index (χ4v) is 4.60. The first-order valence-corrected chi connectivity index (χ1v) is 10.3. The van der Waals surface area contributed by atoms with Crippen molar-refractivity contribution in [1.82, 2.24) is 4.31 Å². The number of halogens is 4. The van der Waals surface area contributed by atoms with E-state index in [-0.39, 0.29) is 27.2 Å². The van der Waals surface area contributed by atoms with E-state index >= 15 is 0 Å². The van der Waals surface area contributed by atoms with E-state index in [9.17, 15) is 17.6 Å². The molecule has 0 unspecified atom stereocenters. The van der Waals surface area contributed by atoms with Gasteiger partial charge in [-0.25, -0.2) is 12.8 Å². The lowest BCUT2D eigenvalue weighted by atomic mass is 10.3. The van der Waals surface area contributed by atoms with Crippen LogP contribution < -0.4 is 5.32 Å². The van der Waals surface area contributed by atoms with Crippen LogP contribution in [0.3, 0.4) is 0 Å². The van der Waals surface area contributed by atoms with E-state index in [0.717, 1.165) is 4.31 Å². The van der Waals surface area contributed by atoms with Gasteiger partial charge >= 0.3 is 0 Å². The maximum absolute atomic E-state index is 13.8. The highest BCUT2D eigenvalue weighted by molar-refractivity contribution is 9.10. The zero-order chi connectivity index (χ0) is 19.5. The van der Waals surface area contributed by atoms with Gasteiger partial charge in [-0.1, -0.05) is 46.1 Å². The third-order valence-corrected chi connectivity index (χ3v) is 6.52. The number of carbonyl (C=O) groups excluding carboxylic acids is 1. The Balaban J connectivity index is 2.22. The van der Waals surface area contributed by atoms with Crippen molar-refractivity contribution in [3.8, 4) is 0 Å². The minimum atomic E-state index is -4.05. The molecule has 10 heteroatoms. The Morgan fingerprint density at radius 2 is 1.92 bits per heavy atom. The summed E-state index contributed by atoms with van der Waals surface area (Å²) in [6.07, 6.45) is 0. The van der Waals surface area contributed by atoms with Crippen LogP contribution in [0.2, 0.25) is 10.0 Å². The molecule has 1 amide bonds. The van der Waals surface area contributed by atoms with Crippen LogP contribution in [0.1, 0.15) is 6.92 Å². The molecule has 5 nitrogen and oxygen atoms in total. The molecule has 0 spiro atoms. The number of nitrogens with zero attached hydrogens (tertiary/aromatic N) is 1. The zero-order valence-electron chi connectivity index (χ0n) is 13.5. The number of likely N-dealkylation sites (N-methyl/N-ethyl adjacent to an activating group) is 1. The molecule has 26 heavy (non-hydrogen) atoms. The maximum Gasteiger partial charge on any atom is 0.245 e. The number of anilines is 1. The molecule has 2 aromatic rings. The van der Waals surface area contributed by atoms with Crippen LogP contribution in [-0.2, 0) is 14.8 Å². The van der Waals surface area contributed by atoms with E-state index < -0.39 is 28.3 Å². The van der Waals surface area contributed by atoms with Gasteiger partial charge in [-0.3, -0.25) is 4.79 Å². The summed E-state index contributed by atoms with van der Waals surface area (Å²) in [5.74, 6) is -1.33. The van der Waals surface area contributed by atoms with E-state index in [1.54, 1.807) is 13.0 Å². The minimum absolute atomic E-state index is 0.00721. The lowest BCUT2D eigenvalue weighted by molar-refractivity contribution is -0.116. The van der Waals surface area contributed by atoms with Gasteiger partial charge in [-0.2, -0.15) is 4.31 Å². The number of hydrogen-bond donors (Lipinski definition) is 1. The Morgan fingerprint density at radius 1 is 1.23 bits per heavy atom. The molecule has 0 heterocycles. The van der Waals surface area contributed by atoms with Crippen molar-refractivity contribution in [2.75, 3.05) is 18.4 Å². The first-order valence-electron chi connectivity index (χ1n) is 7.35. The molecule has 0 fully saturated rings. The van der Waals surface area contributed by atoms with Crippen molar-refractivity contribution >= 4 is 60.7 Å². The molecule has 0 bridgehead atoms. The Bertz CT molecular complexity index is 941. The van der Waals surface area contributed by atoms with Crippen molar-refractivity contribution in [3.05, 3.63) is 56.7 Å². The average molecular weight is 484 g/mol. The molecule has 0 aliphatic carbocycles. The predicted molar refractivity (Wildman–Crippen MR) is 104 cm³/mol. The first-order chi connectivity index (χ1) is 12.1. The van der Waals surface area contributed by atoms with Crippen molar-refractivity contribution in [2.45, 2.75) is 11.8 Å². The number of rotatable bonds is 6. The quantitative estimate of drug-likeness (QED) is 0.655. The maximum atomic E-state index is 13.8. The largest absolute Gasteiger partial charge is 0.322 e. The summed E-state index contributed by atoms with van der Waals surface area (Å²) in [7, 11) is -4.05. The monoisotopic (exact) mass is 482 g/mol. The van der Waals surface area contributed by atoms with Crippen LogP contribution in [-0.4, -0.2) is 31.7 Å². The van der Waals surface area contributed by atoms with E-state index in [0.29, 0.717) is 4.47 Å². The first kappa shape index (κ1) is 21.1. The van der Waals surface area contributed by atoms with Gasteiger partial charge in [0.25, 0.3) is 0 Å². The van der Waals surface area contributed by atoms with Gasteiger partial charge in [0.05, 0.1) is 17.3 Å². The van der Waals surface area contributed by atoms with Crippen molar-refractivity contribution in [1.29, 1.82) is 0 Å². The Hall–Kier alpha value is -1.19.